The fourth-order valence-corrected chi connectivity index (χ4v) is 6.00. The predicted molar refractivity (Wildman–Crippen MR) is 179 cm³/mol. The molecule has 2 aliphatic heterocycles. The van der Waals surface area contributed by atoms with E-state index in [4.69, 9.17) is 14.2 Å². The number of likely N-dealkylation sites (tertiary alicyclic amines) is 1. The Bertz CT molecular complexity index is 1630. The van der Waals surface area contributed by atoms with Gasteiger partial charge < -0.3 is 34.6 Å². The van der Waals surface area contributed by atoms with Gasteiger partial charge >= 0.3 is 0 Å². The first kappa shape index (κ1) is 35.2. The van der Waals surface area contributed by atoms with Gasteiger partial charge in [-0.2, -0.15) is 0 Å². The van der Waals surface area contributed by atoms with Crippen molar-refractivity contribution in [2.75, 3.05) is 47.0 Å². The highest BCUT2D eigenvalue weighted by Crippen LogP contribution is 2.27. The van der Waals surface area contributed by atoms with E-state index in [1.165, 1.54) is 14.2 Å². The smallest absolute Gasteiger partial charge is 0.255 e. The van der Waals surface area contributed by atoms with Crippen LogP contribution in [0.4, 0.5) is 0 Å². The van der Waals surface area contributed by atoms with Crippen molar-refractivity contribution in [2.24, 2.45) is 5.92 Å². The standard InChI is InChI=1S/C35H45N7O7/c1-23-7-8-30-31(17-23)49-16-6-13-42-22-27(38-39-42)21-41(12-5-11-36-32(43)24(2)37-33(30)44)34(45)25-9-14-40(15-10-25)35(46)26-18-28(47-3)20-29(19-26)48-4/h7-8,17-20,22,24-25H,5-6,9-16,21H2,1-4H3,(H,36,43)(H,37,44)/t24-/m1/s1. The zero-order valence-corrected chi connectivity index (χ0v) is 28.6. The fraction of sp³-hybridized carbons (Fsp3) is 0.486. The Morgan fingerprint density at radius 1 is 0.939 bits per heavy atom. The molecule has 2 bridgehead atoms. The minimum Gasteiger partial charge on any atom is -0.497 e. The van der Waals surface area contributed by atoms with Crippen LogP contribution in [0.25, 0.3) is 0 Å². The van der Waals surface area contributed by atoms with Gasteiger partial charge in [-0.15, -0.1) is 5.10 Å². The predicted octanol–water partition coefficient (Wildman–Crippen LogP) is 2.59. The molecule has 14 nitrogen and oxygen atoms in total. The van der Waals surface area contributed by atoms with Crippen LogP contribution in [0.1, 0.15) is 64.6 Å². The quantitative estimate of drug-likeness (QED) is 0.424. The van der Waals surface area contributed by atoms with Crippen molar-refractivity contribution in [3.63, 3.8) is 0 Å². The SMILES string of the molecule is COc1cc(OC)cc(C(=O)N2CCC(C(=O)N3CCCNC(=O)[C@@H](C)NC(=O)c4ccc(C)cc4OCCCn4cc(nn4)C3)CC2)c1. The second-order valence-corrected chi connectivity index (χ2v) is 12.4. The van der Waals surface area contributed by atoms with Gasteiger partial charge in [0.05, 0.1) is 39.1 Å². The summed E-state index contributed by atoms with van der Waals surface area (Å²) in [5.74, 6) is 0.352. The van der Waals surface area contributed by atoms with Gasteiger partial charge in [-0.05, 0) is 62.9 Å². The van der Waals surface area contributed by atoms with Crippen LogP contribution in [0.3, 0.4) is 0 Å². The number of amides is 4. The van der Waals surface area contributed by atoms with E-state index in [2.05, 4.69) is 20.9 Å². The van der Waals surface area contributed by atoms with Gasteiger partial charge in [0.2, 0.25) is 11.8 Å². The van der Waals surface area contributed by atoms with Gasteiger partial charge in [-0.3, -0.25) is 23.9 Å². The van der Waals surface area contributed by atoms with Crippen molar-refractivity contribution < 1.29 is 33.4 Å². The highest BCUT2D eigenvalue weighted by atomic mass is 16.5. The molecule has 2 aromatic carbocycles. The minimum absolute atomic E-state index is 0.0241. The molecule has 4 amide bonds. The molecule has 2 aliphatic rings. The van der Waals surface area contributed by atoms with Crippen LogP contribution in [0, 0.1) is 12.8 Å². The van der Waals surface area contributed by atoms with Crippen molar-refractivity contribution in [3.8, 4) is 17.2 Å². The van der Waals surface area contributed by atoms with Crippen molar-refractivity contribution in [1.82, 2.24) is 35.4 Å². The van der Waals surface area contributed by atoms with Crippen LogP contribution in [0.5, 0.6) is 17.2 Å². The lowest BCUT2D eigenvalue weighted by atomic mass is 9.94. The number of aromatic nitrogens is 3. The van der Waals surface area contributed by atoms with E-state index in [9.17, 15) is 19.2 Å². The molecule has 0 radical (unpaired) electrons. The average Bonchev–Trinajstić information content (AvgIpc) is 3.57. The number of ether oxygens (including phenoxy) is 3. The van der Waals surface area contributed by atoms with Crippen LogP contribution in [0.15, 0.2) is 42.6 Å². The zero-order valence-electron chi connectivity index (χ0n) is 28.6. The third kappa shape index (κ3) is 9.06. The number of aryl methyl sites for hydroxylation is 2. The molecule has 49 heavy (non-hydrogen) atoms. The number of fused-ring (bicyclic) bond motifs is 3. The summed E-state index contributed by atoms with van der Waals surface area (Å²) >= 11 is 0. The molecule has 0 unspecified atom stereocenters. The Morgan fingerprint density at radius 2 is 1.67 bits per heavy atom. The largest absolute Gasteiger partial charge is 0.497 e. The third-order valence-electron chi connectivity index (χ3n) is 8.80. The van der Waals surface area contributed by atoms with Gasteiger partial charge in [0.1, 0.15) is 29.0 Å². The number of carbonyl (C=O) groups excluding carboxylic acids is 4. The molecule has 1 atom stereocenters. The molecule has 1 saturated heterocycles. The highest BCUT2D eigenvalue weighted by molar-refractivity contribution is 5.99. The number of benzene rings is 2. The first-order valence-corrected chi connectivity index (χ1v) is 16.7. The van der Waals surface area contributed by atoms with Crippen molar-refractivity contribution in [1.29, 1.82) is 0 Å². The molecule has 0 spiro atoms. The Kier molecular flexibility index (Phi) is 11.7. The number of hydrogen-bond acceptors (Lipinski definition) is 9. The second-order valence-electron chi connectivity index (χ2n) is 12.4. The topological polar surface area (TPSA) is 157 Å². The number of nitrogens with zero attached hydrogens (tertiary/aromatic N) is 5. The lowest BCUT2D eigenvalue weighted by Gasteiger charge is -2.34. The average molecular weight is 676 g/mol. The van der Waals surface area contributed by atoms with Gasteiger partial charge in [0.15, 0.2) is 0 Å². The number of hydrogen-bond donors (Lipinski definition) is 2. The summed E-state index contributed by atoms with van der Waals surface area (Å²) in [6.45, 7) is 6.26. The number of carbonyl (C=O) groups is 4. The molecule has 2 N–H and O–H groups in total. The maximum absolute atomic E-state index is 13.9. The van der Waals surface area contributed by atoms with Crippen molar-refractivity contribution in [2.45, 2.75) is 58.7 Å². The van der Waals surface area contributed by atoms with Crippen LogP contribution in [-0.4, -0.2) is 101 Å². The molecule has 0 aliphatic carbocycles. The van der Waals surface area contributed by atoms with Gasteiger partial charge in [0.25, 0.3) is 11.8 Å². The summed E-state index contributed by atoms with van der Waals surface area (Å²) in [4.78, 5) is 56.7. The molecule has 262 valence electrons. The summed E-state index contributed by atoms with van der Waals surface area (Å²) in [5, 5.41) is 14.2. The molecule has 3 aromatic rings. The Hall–Kier alpha value is -5.14. The molecule has 0 saturated carbocycles. The molecule has 14 heteroatoms. The number of nitrogens with one attached hydrogen (secondary N) is 2. The monoisotopic (exact) mass is 675 g/mol. The fourth-order valence-electron chi connectivity index (χ4n) is 6.00. The summed E-state index contributed by atoms with van der Waals surface area (Å²) < 4.78 is 18.4. The van der Waals surface area contributed by atoms with E-state index < -0.39 is 11.9 Å². The van der Waals surface area contributed by atoms with E-state index in [1.54, 1.807) is 51.7 Å². The van der Waals surface area contributed by atoms with Crippen LogP contribution in [0.2, 0.25) is 0 Å². The van der Waals surface area contributed by atoms with Gasteiger partial charge in [-0.25, -0.2) is 0 Å². The molecule has 1 fully saturated rings. The van der Waals surface area contributed by atoms with Crippen LogP contribution < -0.4 is 24.8 Å². The van der Waals surface area contributed by atoms with E-state index >= 15 is 0 Å². The van der Waals surface area contributed by atoms with Crippen LogP contribution >= 0.6 is 0 Å². The van der Waals surface area contributed by atoms with Crippen molar-refractivity contribution in [3.05, 3.63) is 65.0 Å². The Labute approximate surface area is 286 Å². The maximum atomic E-state index is 13.9. The Balaban J connectivity index is 1.25. The van der Waals surface area contributed by atoms with E-state index in [0.29, 0.717) is 99.1 Å². The highest BCUT2D eigenvalue weighted by Gasteiger charge is 2.31. The molecule has 3 heterocycles. The zero-order chi connectivity index (χ0) is 34.9. The summed E-state index contributed by atoms with van der Waals surface area (Å²) in [6.07, 6.45) is 3.97. The van der Waals surface area contributed by atoms with Crippen LogP contribution in [-0.2, 0) is 22.7 Å². The maximum Gasteiger partial charge on any atom is 0.255 e. The van der Waals surface area contributed by atoms with E-state index in [0.717, 1.165) is 5.56 Å². The molecular weight excluding hydrogens is 630 g/mol. The van der Waals surface area contributed by atoms with E-state index in [1.807, 2.05) is 19.2 Å². The lowest BCUT2D eigenvalue weighted by Crippen LogP contribution is -2.46. The lowest BCUT2D eigenvalue weighted by molar-refractivity contribution is -0.137. The summed E-state index contributed by atoms with van der Waals surface area (Å²) in [5.41, 5.74) is 2.43. The van der Waals surface area contributed by atoms with E-state index in [-0.39, 0.29) is 30.2 Å². The van der Waals surface area contributed by atoms with Gasteiger partial charge in [-0.1, -0.05) is 11.3 Å². The number of piperidine rings is 1. The minimum atomic E-state index is -0.776. The molecular formula is C35H45N7O7. The molecule has 5 rings (SSSR count). The molecule has 1 aromatic heterocycles. The van der Waals surface area contributed by atoms with Crippen molar-refractivity contribution >= 4 is 23.6 Å². The Morgan fingerprint density at radius 3 is 2.39 bits per heavy atom. The first-order chi connectivity index (χ1) is 23.6. The normalized spacial score (nSPS) is 18.5. The summed E-state index contributed by atoms with van der Waals surface area (Å²) in [6, 6.07) is 9.64. The second kappa shape index (κ2) is 16.3. The number of methoxy groups -OCH3 is 2. The first-order valence-electron chi connectivity index (χ1n) is 16.7. The number of rotatable bonds is 4. The third-order valence-corrected chi connectivity index (χ3v) is 8.80. The summed E-state index contributed by atoms with van der Waals surface area (Å²) in [7, 11) is 3.08. The van der Waals surface area contributed by atoms with Gasteiger partial charge in [0, 0.05) is 56.7 Å².